The number of hydrogen-bond acceptors (Lipinski definition) is 3. The molecular formula is C8H19N3O. The number of rotatable bonds is 6. The zero-order valence-electron chi connectivity index (χ0n) is 7.88. The van der Waals surface area contributed by atoms with Gasteiger partial charge in [-0.3, -0.25) is 0 Å². The monoisotopic (exact) mass is 173 g/mol. The van der Waals surface area contributed by atoms with E-state index in [1.165, 1.54) is 6.42 Å². The van der Waals surface area contributed by atoms with Crippen LogP contribution in [-0.2, 0) is 0 Å². The van der Waals surface area contributed by atoms with Crippen LogP contribution in [0.3, 0.4) is 0 Å². The zero-order valence-corrected chi connectivity index (χ0v) is 7.88. The molecule has 0 bridgehead atoms. The number of nitrogens with two attached hydrogens (primary N) is 1. The molecule has 4 nitrogen and oxygen atoms in total. The van der Waals surface area contributed by atoms with E-state index in [0.717, 1.165) is 18.9 Å². The second kappa shape index (κ2) is 6.91. The van der Waals surface area contributed by atoms with Crippen molar-refractivity contribution < 1.29 is 5.21 Å². The predicted molar refractivity (Wildman–Crippen MR) is 50.4 cm³/mol. The Labute approximate surface area is 73.8 Å². The molecule has 0 fully saturated rings. The molecule has 4 N–H and O–H groups in total. The van der Waals surface area contributed by atoms with Crippen molar-refractivity contribution in [1.29, 1.82) is 0 Å². The summed E-state index contributed by atoms with van der Waals surface area (Å²) in [5, 5.41) is 14.1. The molecule has 0 saturated carbocycles. The summed E-state index contributed by atoms with van der Waals surface area (Å²) in [7, 11) is 0. The Balaban J connectivity index is 3.11. The van der Waals surface area contributed by atoms with E-state index in [1.54, 1.807) is 0 Å². The summed E-state index contributed by atoms with van der Waals surface area (Å²) >= 11 is 0. The zero-order chi connectivity index (χ0) is 9.40. The third-order valence-electron chi connectivity index (χ3n) is 1.57. The SMILES string of the molecule is CC(C)CCCNCC(N)=NO. The summed E-state index contributed by atoms with van der Waals surface area (Å²) in [4.78, 5) is 0. The van der Waals surface area contributed by atoms with Gasteiger partial charge in [0.25, 0.3) is 0 Å². The summed E-state index contributed by atoms with van der Waals surface area (Å²) in [5.41, 5.74) is 5.25. The maximum absolute atomic E-state index is 8.20. The maximum Gasteiger partial charge on any atom is 0.153 e. The number of amidine groups is 1. The molecule has 0 aromatic heterocycles. The molecule has 0 aliphatic carbocycles. The molecule has 4 heteroatoms. The minimum atomic E-state index is 0.236. The van der Waals surface area contributed by atoms with Gasteiger partial charge < -0.3 is 16.3 Å². The second-order valence-electron chi connectivity index (χ2n) is 3.30. The molecule has 0 aliphatic rings. The van der Waals surface area contributed by atoms with E-state index in [1.807, 2.05) is 0 Å². The molecule has 0 unspecified atom stereocenters. The fraction of sp³-hybridized carbons (Fsp3) is 0.875. The molecule has 0 heterocycles. The van der Waals surface area contributed by atoms with Crippen molar-refractivity contribution in [2.45, 2.75) is 26.7 Å². The molecule has 0 atom stereocenters. The molecule has 0 aromatic carbocycles. The van der Waals surface area contributed by atoms with Crippen LogP contribution in [0.4, 0.5) is 0 Å². The lowest BCUT2D eigenvalue weighted by molar-refractivity contribution is 0.317. The van der Waals surface area contributed by atoms with E-state index < -0.39 is 0 Å². The maximum atomic E-state index is 8.20. The Kier molecular flexibility index (Phi) is 6.47. The highest BCUT2D eigenvalue weighted by molar-refractivity contribution is 5.81. The van der Waals surface area contributed by atoms with Gasteiger partial charge in [-0.25, -0.2) is 0 Å². The molecule has 72 valence electrons. The van der Waals surface area contributed by atoms with Crippen molar-refractivity contribution in [1.82, 2.24) is 5.32 Å². The number of oxime groups is 1. The Morgan fingerprint density at radius 2 is 2.25 bits per heavy atom. The predicted octanol–water partition coefficient (Wildman–Crippen LogP) is 0.759. The van der Waals surface area contributed by atoms with Crippen LogP contribution in [0, 0.1) is 5.92 Å². The van der Waals surface area contributed by atoms with Gasteiger partial charge >= 0.3 is 0 Å². The van der Waals surface area contributed by atoms with Crippen LogP contribution in [0.2, 0.25) is 0 Å². The highest BCUT2D eigenvalue weighted by atomic mass is 16.4. The molecule has 0 aliphatic heterocycles. The second-order valence-corrected chi connectivity index (χ2v) is 3.30. The van der Waals surface area contributed by atoms with E-state index in [0.29, 0.717) is 6.54 Å². The highest BCUT2D eigenvalue weighted by Crippen LogP contribution is 2.01. The minimum absolute atomic E-state index is 0.236. The Bertz CT molecular complexity index is 134. The molecule has 0 aromatic rings. The van der Waals surface area contributed by atoms with Crippen LogP contribution in [0.15, 0.2) is 5.16 Å². The van der Waals surface area contributed by atoms with Crippen LogP contribution in [0.1, 0.15) is 26.7 Å². The van der Waals surface area contributed by atoms with Crippen molar-refractivity contribution >= 4 is 5.84 Å². The summed E-state index contributed by atoms with van der Waals surface area (Å²) in [5.74, 6) is 0.982. The molecule has 0 amide bonds. The van der Waals surface area contributed by atoms with Crippen LogP contribution in [0.25, 0.3) is 0 Å². The van der Waals surface area contributed by atoms with Gasteiger partial charge in [0.15, 0.2) is 5.84 Å². The highest BCUT2D eigenvalue weighted by Gasteiger charge is 1.94. The molecule has 0 radical (unpaired) electrons. The standard InChI is InChI=1S/C8H19N3O/c1-7(2)4-3-5-10-6-8(9)11-12/h7,10,12H,3-6H2,1-2H3,(H2,9,11). The normalized spacial score (nSPS) is 12.4. The van der Waals surface area contributed by atoms with Gasteiger partial charge in [-0.05, 0) is 25.3 Å². The van der Waals surface area contributed by atoms with Gasteiger partial charge in [-0.15, -0.1) is 0 Å². The number of nitrogens with zero attached hydrogens (tertiary/aromatic N) is 1. The summed E-state index contributed by atoms with van der Waals surface area (Å²) < 4.78 is 0. The van der Waals surface area contributed by atoms with Gasteiger partial charge in [0.05, 0.1) is 6.54 Å². The van der Waals surface area contributed by atoms with Crippen LogP contribution >= 0.6 is 0 Å². The van der Waals surface area contributed by atoms with E-state index in [-0.39, 0.29) is 5.84 Å². The minimum Gasteiger partial charge on any atom is -0.409 e. The van der Waals surface area contributed by atoms with Crippen molar-refractivity contribution in [3.8, 4) is 0 Å². The molecule has 0 rings (SSSR count). The number of hydrogen-bond donors (Lipinski definition) is 3. The van der Waals surface area contributed by atoms with E-state index >= 15 is 0 Å². The lowest BCUT2D eigenvalue weighted by Crippen LogP contribution is -2.29. The fourth-order valence-corrected chi connectivity index (χ4v) is 0.887. The first-order chi connectivity index (χ1) is 5.66. The van der Waals surface area contributed by atoms with Gasteiger partial charge in [-0.1, -0.05) is 19.0 Å². The number of nitrogens with one attached hydrogen (secondary N) is 1. The summed E-state index contributed by atoms with van der Waals surface area (Å²) in [6.07, 6.45) is 2.35. The first-order valence-electron chi connectivity index (χ1n) is 4.34. The van der Waals surface area contributed by atoms with E-state index in [2.05, 4.69) is 24.3 Å². The van der Waals surface area contributed by atoms with Crippen molar-refractivity contribution in [3.05, 3.63) is 0 Å². The largest absolute Gasteiger partial charge is 0.409 e. The van der Waals surface area contributed by atoms with Gasteiger partial charge in [0.1, 0.15) is 0 Å². The molecule has 12 heavy (non-hydrogen) atoms. The van der Waals surface area contributed by atoms with Gasteiger partial charge in [-0.2, -0.15) is 0 Å². The van der Waals surface area contributed by atoms with Gasteiger partial charge in [0, 0.05) is 0 Å². The lowest BCUT2D eigenvalue weighted by atomic mass is 10.1. The third-order valence-corrected chi connectivity index (χ3v) is 1.57. The van der Waals surface area contributed by atoms with Crippen LogP contribution in [-0.4, -0.2) is 24.1 Å². The first-order valence-corrected chi connectivity index (χ1v) is 4.34. The van der Waals surface area contributed by atoms with Crippen LogP contribution in [0.5, 0.6) is 0 Å². The van der Waals surface area contributed by atoms with Crippen molar-refractivity contribution in [2.75, 3.05) is 13.1 Å². The Hall–Kier alpha value is -0.770. The Morgan fingerprint density at radius 3 is 2.75 bits per heavy atom. The lowest BCUT2D eigenvalue weighted by Gasteiger charge is -2.05. The average molecular weight is 173 g/mol. The molecule has 0 saturated heterocycles. The average Bonchev–Trinajstić information content (AvgIpc) is 2.03. The topological polar surface area (TPSA) is 70.6 Å². The smallest absolute Gasteiger partial charge is 0.153 e. The van der Waals surface area contributed by atoms with Crippen molar-refractivity contribution in [3.63, 3.8) is 0 Å². The van der Waals surface area contributed by atoms with Crippen LogP contribution < -0.4 is 11.1 Å². The molecule has 0 spiro atoms. The first kappa shape index (κ1) is 11.2. The third kappa shape index (κ3) is 7.34. The Morgan fingerprint density at radius 1 is 1.58 bits per heavy atom. The molecular weight excluding hydrogens is 154 g/mol. The van der Waals surface area contributed by atoms with E-state index in [4.69, 9.17) is 10.9 Å². The fourth-order valence-electron chi connectivity index (χ4n) is 0.887. The summed E-state index contributed by atoms with van der Waals surface area (Å²) in [6, 6.07) is 0. The van der Waals surface area contributed by atoms with E-state index in [9.17, 15) is 0 Å². The van der Waals surface area contributed by atoms with Gasteiger partial charge in [0.2, 0.25) is 0 Å². The van der Waals surface area contributed by atoms with Crippen molar-refractivity contribution in [2.24, 2.45) is 16.8 Å². The summed E-state index contributed by atoms with van der Waals surface area (Å²) in [6.45, 7) is 5.79. The quantitative estimate of drug-likeness (QED) is 0.182.